The van der Waals surface area contributed by atoms with Crippen LogP contribution >= 0.6 is 35.3 Å². The normalized spacial score (nSPS) is 11.7. The molecule has 0 spiro atoms. The molecule has 0 aliphatic carbocycles. The number of halogens is 2. The third-order valence-electron chi connectivity index (χ3n) is 4.11. The average Bonchev–Trinajstić information content (AvgIpc) is 3.03. The summed E-state index contributed by atoms with van der Waals surface area (Å²) in [6, 6.07) is 3.45. The van der Waals surface area contributed by atoms with Crippen molar-refractivity contribution < 1.29 is 17.9 Å². The summed E-state index contributed by atoms with van der Waals surface area (Å²) in [6.07, 6.45) is 1.78. The third kappa shape index (κ3) is 6.66. The standard InChI is InChI=1S/C17H25ClN4O4S2.ClH/c1-20(2)9-6-10-22(14(23)11-21(3)28(5,24)25)17-19-15-13(26-4)8-7-12(18)16(15)27-17;/h7-8H,6,9-11H2,1-5H3;1H. The molecular formula is C17H26Cl2N4O4S2. The number of ether oxygens (including phenoxy) is 1. The monoisotopic (exact) mass is 484 g/mol. The van der Waals surface area contributed by atoms with Crippen LogP contribution in [-0.4, -0.2) is 82.7 Å². The maximum absolute atomic E-state index is 12.9. The van der Waals surface area contributed by atoms with Crippen LogP contribution in [0.25, 0.3) is 10.2 Å². The Bertz CT molecular complexity index is 950. The van der Waals surface area contributed by atoms with Gasteiger partial charge in [0.05, 0.1) is 29.6 Å². The molecule has 2 aromatic rings. The number of nitrogens with zero attached hydrogens (tertiary/aromatic N) is 4. The molecule has 0 saturated carbocycles. The zero-order valence-corrected chi connectivity index (χ0v) is 20.2. The Morgan fingerprint density at radius 2 is 1.90 bits per heavy atom. The Labute approximate surface area is 186 Å². The van der Waals surface area contributed by atoms with Gasteiger partial charge >= 0.3 is 0 Å². The number of likely N-dealkylation sites (N-methyl/N-ethyl adjacent to an activating group) is 1. The summed E-state index contributed by atoms with van der Waals surface area (Å²) in [5.74, 6) is 0.219. The summed E-state index contributed by atoms with van der Waals surface area (Å²) in [5, 5.41) is 0.987. The first kappa shape index (κ1) is 25.9. The van der Waals surface area contributed by atoms with Gasteiger partial charge in [0.2, 0.25) is 15.9 Å². The molecule has 0 fully saturated rings. The minimum absolute atomic E-state index is 0. The Morgan fingerprint density at radius 3 is 2.45 bits per heavy atom. The van der Waals surface area contributed by atoms with Gasteiger partial charge in [0.15, 0.2) is 5.13 Å². The van der Waals surface area contributed by atoms with Gasteiger partial charge in [0.1, 0.15) is 11.3 Å². The van der Waals surface area contributed by atoms with Crippen molar-refractivity contribution in [2.75, 3.05) is 59.0 Å². The molecule has 0 saturated heterocycles. The van der Waals surface area contributed by atoms with E-state index in [1.165, 1.54) is 23.3 Å². The van der Waals surface area contributed by atoms with E-state index in [4.69, 9.17) is 16.3 Å². The molecule has 0 aliphatic heterocycles. The molecule has 1 amide bonds. The van der Waals surface area contributed by atoms with Crippen molar-refractivity contribution in [2.24, 2.45) is 0 Å². The first-order chi connectivity index (χ1) is 13.0. The summed E-state index contributed by atoms with van der Waals surface area (Å²) in [7, 11) is 3.35. The molecule has 1 aromatic carbocycles. The van der Waals surface area contributed by atoms with Crippen molar-refractivity contribution in [2.45, 2.75) is 6.42 Å². The Kier molecular flexibility index (Phi) is 9.58. The van der Waals surface area contributed by atoms with Gasteiger partial charge in [-0.2, -0.15) is 4.31 Å². The average molecular weight is 485 g/mol. The smallest absolute Gasteiger partial charge is 0.244 e. The van der Waals surface area contributed by atoms with Gasteiger partial charge in [-0.25, -0.2) is 13.4 Å². The summed E-state index contributed by atoms with van der Waals surface area (Å²) in [5.41, 5.74) is 0.580. The highest BCUT2D eigenvalue weighted by atomic mass is 35.5. The molecule has 12 heteroatoms. The van der Waals surface area contributed by atoms with E-state index in [9.17, 15) is 13.2 Å². The van der Waals surface area contributed by atoms with E-state index < -0.39 is 10.0 Å². The second-order valence-corrected chi connectivity index (χ2v) is 10.1. The number of carbonyl (C=O) groups excluding carboxylic acids is 1. The summed E-state index contributed by atoms with van der Waals surface area (Å²) in [6.45, 7) is 0.927. The maximum Gasteiger partial charge on any atom is 0.244 e. The number of methoxy groups -OCH3 is 1. The van der Waals surface area contributed by atoms with Gasteiger partial charge in [0.25, 0.3) is 0 Å². The molecular weight excluding hydrogens is 459 g/mol. The highest BCUT2D eigenvalue weighted by molar-refractivity contribution is 7.88. The van der Waals surface area contributed by atoms with Crippen LogP contribution in [0.15, 0.2) is 12.1 Å². The summed E-state index contributed by atoms with van der Waals surface area (Å²) in [4.78, 5) is 21.0. The Morgan fingerprint density at radius 1 is 1.24 bits per heavy atom. The summed E-state index contributed by atoms with van der Waals surface area (Å²) >= 11 is 7.57. The molecule has 0 radical (unpaired) electrons. The number of anilines is 1. The van der Waals surface area contributed by atoms with Crippen molar-refractivity contribution in [3.8, 4) is 5.75 Å². The second kappa shape index (κ2) is 10.7. The van der Waals surface area contributed by atoms with E-state index in [0.717, 1.165) is 21.8 Å². The van der Waals surface area contributed by atoms with Gasteiger partial charge < -0.3 is 9.64 Å². The lowest BCUT2D eigenvalue weighted by Gasteiger charge is -2.23. The van der Waals surface area contributed by atoms with E-state index >= 15 is 0 Å². The number of benzene rings is 1. The number of hydrogen-bond donors (Lipinski definition) is 0. The van der Waals surface area contributed by atoms with Crippen LogP contribution in [0.3, 0.4) is 0 Å². The Balaban J connectivity index is 0.00000420. The van der Waals surface area contributed by atoms with Crippen LogP contribution in [0.5, 0.6) is 5.75 Å². The van der Waals surface area contributed by atoms with Crippen molar-refractivity contribution >= 4 is 66.6 Å². The fourth-order valence-electron chi connectivity index (χ4n) is 2.49. The number of rotatable bonds is 9. The lowest BCUT2D eigenvalue weighted by atomic mass is 10.3. The number of amides is 1. The zero-order valence-electron chi connectivity index (χ0n) is 17.0. The van der Waals surface area contributed by atoms with Crippen LogP contribution in [0.1, 0.15) is 6.42 Å². The van der Waals surface area contributed by atoms with Crippen molar-refractivity contribution in [1.29, 1.82) is 0 Å². The lowest BCUT2D eigenvalue weighted by molar-refractivity contribution is -0.118. The molecule has 1 aromatic heterocycles. The molecule has 0 bridgehead atoms. The van der Waals surface area contributed by atoms with Gasteiger partial charge in [0, 0.05) is 13.6 Å². The number of sulfonamides is 1. The van der Waals surface area contributed by atoms with E-state index in [0.29, 0.717) is 34.4 Å². The van der Waals surface area contributed by atoms with E-state index in [1.807, 2.05) is 19.0 Å². The fraction of sp³-hybridized carbons (Fsp3) is 0.529. The lowest BCUT2D eigenvalue weighted by Crippen LogP contribution is -2.41. The van der Waals surface area contributed by atoms with Crippen molar-refractivity contribution in [3.63, 3.8) is 0 Å². The molecule has 0 unspecified atom stereocenters. The topological polar surface area (TPSA) is 83.0 Å². The molecule has 29 heavy (non-hydrogen) atoms. The largest absolute Gasteiger partial charge is 0.494 e. The fourth-order valence-corrected chi connectivity index (χ4v) is 4.13. The highest BCUT2D eigenvalue weighted by Gasteiger charge is 2.25. The second-order valence-electron chi connectivity index (χ2n) is 6.65. The van der Waals surface area contributed by atoms with Gasteiger partial charge in [-0.05, 0) is 39.2 Å². The molecule has 0 atom stereocenters. The Hall–Kier alpha value is -1.17. The van der Waals surface area contributed by atoms with Crippen molar-refractivity contribution in [3.05, 3.63) is 17.2 Å². The van der Waals surface area contributed by atoms with E-state index in [1.54, 1.807) is 19.2 Å². The predicted octanol–water partition coefficient (Wildman–Crippen LogP) is 2.56. The van der Waals surface area contributed by atoms with Crippen LogP contribution in [0.2, 0.25) is 5.02 Å². The zero-order chi connectivity index (χ0) is 21.1. The molecule has 0 aliphatic rings. The molecule has 1 heterocycles. The molecule has 2 rings (SSSR count). The summed E-state index contributed by atoms with van der Waals surface area (Å²) < 4.78 is 30.5. The molecule has 0 N–H and O–H groups in total. The molecule has 164 valence electrons. The van der Waals surface area contributed by atoms with Crippen LogP contribution in [-0.2, 0) is 14.8 Å². The minimum atomic E-state index is -3.47. The van der Waals surface area contributed by atoms with E-state index in [2.05, 4.69) is 4.98 Å². The number of thiazole rings is 1. The first-order valence-corrected chi connectivity index (χ1v) is 11.6. The van der Waals surface area contributed by atoms with Gasteiger partial charge in [-0.1, -0.05) is 22.9 Å². The highest BCUT2D eigenvalue weighted by Crippen LogP contribution is 2.38. The quantitative estimate of drug-likeness (QED) is 0.543. The van der Waals surface area contributed by atoms with Crippen LogP contribution < -0.4 is 9.64 Å². The number of hydrogen-bond acceptors (Lipinski definition) is 7. The number of fused-ring (bicyclic) bond motifs is 1. The van der Waals surface area contributed by atoms with E-state index in [-0.39, 0.29) is 24.9 Å². The first-order valence-electron chi connectivity index (χ1n) is 8.54. The third-order valence-corrected chi connectivity index (χ3v) is 6.91. The minimum Gasteiger partial charge on any atom is -0.494 e. The number of carbonyl (C=O) groups is 1. The SMILES string of the molecule is COc1ccc(Cl)c2sc(N(CCCN(C)C)C(=O)CN(C)S(C)(=O)=O)nc12.Cl. The van der Waals surface area contributed by atoms with Gasteiger partial charge in [-0.3, -0.25) is 9.69 Å². The van der Waals surface area contributed by atoms with Crippen LogP contribution in [0, 0.1) is 0 Å². The van der Waals surface area contributed by atoms with Crippen molar-refractivity contribution in [1.82, 2.24) is 14.2 Å². The number of aromatic nitrogens is 1. The van der Waals surface area contributed by atoms with Crippen LogP contribution in [0.4, 0.5) is 5.13 Å². The van der Waals surface area contributed by atoms with Gasteiger partial charge in [-0.15, -0.1) is 12.4 Å². The molecule has 8 nitrogen and oxygen atoms in total. The maximum atomic E-state index is 12.9. The predicted molar refractivity (Wildman–Crippen MR) is 121 cm³/mol.